The van der Waals surface area contributed by atoms with Crippen LogP contribution >= 0.6 is 0 Å². The lowest BCUT2D eigenvalue weighted by Crippen LogP contribution is -2.30. The predicted molar refractivity (Wildman–Crippen MR) is 51.4 cm³/mol. The van der Waals surface area contributed by atoms with Gasteiger partial charge >= 0.3 is 0 Å². The summed E-state index contributed by atoms with van der Waals surface area (Å²) in [7, 11) is 0. The van der Waals surface area contributed by atoms with E-state index in [1.807, 2.05) is 10.8 Å². The number of aliphatic hydroxyl groups is 1. The molecule has 0 amide bonds. The maximum Gasteiger partial charge on any atom is 0.111 e. The van der Waals surface area contributed by atoms with Crippen molar-refractivity contribution in [1.82, 2.24) is 9.55 Å². The quantitative estimate of drug-likeness (QED) is 0.707. The van der Waals surface area contributed by atoms with Crippen molar-refractivity contribution in [2.24, 2.45) is 5.73 Å². The van der Waals surface area contributed by atoms with Gasteiger partial charge in [-0.1, -0.05) is 13.8 Å². The summed E-state index contributed by atoms with van der Waals surface area (Å²) in [6.45, 7) is 4.81. The highest BCUT2D eigenvalue weighted by molar-refractivity contribution is 4.98. The average molecular weight is 183 g/mol. The summed E-state index contributed by atoms with van der Waals surface area (Å²) >= 11 is 0. The van der Waals surface area contributed by atoms with Crippen LogP contribution in [0.3, 0.4) is 0 Å². The van der Waals surface area contributed by atoms with Crippen LogP contribution in [0.5, 0.6) is 0 Å². The van der Waals surface area contributed by atoms with Crippen LogP contribution < -0.4 is 5.73 Å². The van der Waals surface area contributed by atoms with Crippen molar-refractivity contribution in [3.63, 3.8) is 0 Å². The first-order valence-corrected chi connectivity index (χ1v) is 4.52. The summed E-state index contributed by atoms with van der Waals surface area (Å²) in [5.41, 5.74) is 5.63. The maximum absolute atomic E-state index is 8.80. The summed E-state index contributed by atoms with van der Waals surface area (Å²) in [5, 5.41) is 8.80. The Morgan fingerprint density at radius 1 is 1.62 bits per heavy atom. The molecule has 4 heteroatoms. The molecular formula is C9H17N3O. The molecule has 0 spiro atoms. The number of aliphatic hydroxyl groups excluding tert-OH is 1. The molecule has 1 aromatic heterocycles. The van der Waals surface area contributed by atoms with Crippen LogP contribution in [0.25, 0.3) is 0 Å². The van der Waals surface area contributed by atoms with E-state index < -0.39 is 0 Å². The third kappa shape index (κ3) is 2.54. The van der Waals surface area contributed by atoms with E-state index in [9.17, 15) is 0 Å². The van der Waals surface area contributed by atoms with E-state index in [2.05, 4.69) is 18.8 Å². The molecule has 1 aromatic rings. The van der Waals surface area contributed by atoms with Gasteiger partial charge in [-0.3, -0.25) is 0 Å². The molecule has 0 saturated carbocycles. The van der Waals surface area contributed by atoms with Gasteiger partial charge < -0.3 is 15.4 Å². The summed E-state index contributed by atoms with van der Waals surface area (Å²) in [6, 6.07) is -0.202. The lowest BCUT2D eigenvalue weighted by molar-refractivity contribution is 0.253. The van der Waals surface area contributed by atoms with Gasteiger partial charge in [-0.2, -0.15) is 0 Å². The Balaban J connectivity index is 2.70. The average Bonchev–Trinajstić information content (AvgIpc) is 2.52. The topological polar surface area (TPSA) is 64.1 Å². The van der Waals surface area contributed by atoms with Gasteiger partial charge in [0.2, 0.25) is 0 Å². The Hall–Kier alpha value is -0.870. The summed E-state index contributed by atoms with van der Waals surface area (Å²) in [6.07, 6.45) is 3.66. The van der Waals surface area contributed by atoms with Gasteiger partial charge in [0.1, 0.15) is 5.82 Å². The van der Waals surface area contributed by atoms with Crippen molar-refractivity contribution >= 4 is 0 Å². The van der Waals surface area contributed by atoms with Crippen LogP contribution in [0.15, 0.2) is 12.4 Å². The molecular weight excluding hydrogens is 166 g/mol. The van der Waals surface area contributed by atoms with Crippen LogP contribution in [0.2, 0.25) is 0 Å². The number of hydrogen-bond donors (Lipinski definition) is 2. The maximum atomic E-state index is 8.80. The van der Waals surface area contributed by atoms with E-state index in [-0.39, 0.29) is 12.6 Å². The molecule has 13 heavy (non-hydrogen) atoms. The summed E-state index contributed by atoms with van der Waals surface area (Å²) in [4.78, 5) is 4.23. The molecule has 0 aliphatic carbocycles. The Morgan fingerprint density at radius 2 is 2.31 bits per heavy atom. The number of nitrogens with two attached hydrogens (primary N) is 1. The standard InChI is InChI=1S/C9H17N3O/c1-7(2)9-11-3-4-12(9)5-8(10)6-13/h3-4,7-8,13H,5-6,10H2,1-2H3. The van der Waals surface area contributed by atoms with Crippen molar-refractivity contribution in [1.29, 1.82) is 0 Å². The number of imidazole rings is 1. The number of aromatic nitrogens is 2. The molecule has 3 N–H and O–H groups in total. The Kier molecular flexibility index (Phi) is 3.45. The monoisotopic (exact) mass is 183 g/mol. The highest BCUT2D eigenvalue weighted by Gasteiger charge is 2.09. The van der Waals surface area contributed by atoms with E-state index >= 15 is 0 Å². The second kappa shape index (κ2) is 4.39. The van der Waals surface area contributed by atoms with Crippen molar-refractivity contribution < 1.29 is 5.11 Å². The lowest BCUT2D eigenvalue weighted by Gasteiger charge is -2.13. The second-order valence-corrected chi connectivity index (χ2v) is 3.54. The number of hydrogen-bond acceptors (Lipinski definition) is 3. The fourth-order valence-electron chi connectivity index (χ4n) is 1.29. The second-order valence-electron chi connectivity index (χ2n) is 3.54. The van der Waals surface area contributed by atoms with Gasteiger partial charge in [0.15, 0.2) is 0 Å². The molecule has 0 saturated heterocycles. The Morgan fingerprint density at radius 3 is 2.85 bits per heavy atom. The Bertz CT molecular complexity index is 257. The van der Waals surface area contributed by atoms with Crippen LogP contribution in [0.4, 0.5) is 0 Å². The molecule has 1 rings (SSSR count). The van der Waals surface area contributed by atoms with Crippen molar-refractivity contribution in [3.8, 4) is 0 Å². The fourth-order valence-corrected chi connectivity index (χ4v) is 1.29. The largest absolute Gasteiger partial charge is 0.395 e. The molecule has 0 bridgehead atoms. The zero-order chi connectivity index (χ0) is 9.84. The van der Waals surface area contributed by atoms with Gasteiger partial charge in [0, 0.05) is 30.9 Å². The van der Waals surface area contributed by atoms with Crippen LogP contribution in [0.1, 0.15) is 25.6 Å². The molecule has 1 unspecified atom stereocenters. The van der Waals surface area contributed by atoms with Crippen LogP contribution in [-0.4, -0.2) is 27.3 Å². The normalized spacial score (nSPS) is 13.6. The zero-order valence-electron chi connectivity index (χ0n) is 8.14. The molecule has 4 nitrogen and oxygen atoms in total. The van der Waals surface area contributed by atoms with Gasteiger partial charge in [0.05, 0.1) is 6.61 Å². The minimum atomic E-state index is -0.202. The minimum absolute atomic E-state index is 0.00964. The molecule has 0 fully saturated rings. The summed E-state index contributed by atoms with van der Waals surface area (Å²) < 4.78 is 1.99. The third-order valence-corrected chi connectivity index (χ3v) is 1.93. The molecule has 1 atom stereocenters. The molecule has 0 radical (unpaired) electrons. The van der Waals surface area contributed by atoms with Gasteiger partial charge in [-0.25, -0.2) is 4.98 Å². The third-order valence-electron chi connectivity index (χ3n) is 1.93. The van der Waals surface area contributed by atoms with Crippen LogP contribution in [-0.2, 0) is 6.54 Å². The molecule has 0 aliphatic heterocycles. The summed E-state index contributed by atoms with van der Waals surface area (Å²) in [5.74, 6) is 1.41. The van der Waals surface area contributed by atoms with Crippen LogP contribution in [0, 0.1) is 0 Å². The highest BCUT2D eigenvalue weighted by Crippen LogP contribution is 2.11. The van der Waals surface area contributed by atoms with E-state index in [1.54, 1.807) is 6.20 Å². The highest BCUT2D eigenvalue weighted by atomic mass is 16.3. The van der Waals surface area contributed by atoms with E-state index in [1.165, 1.54) is 0 Å². The minimum Gasteiger partial charge on any atom is -0.395 e. The predicted octanol–water partition coefficient (Wildman–Crippen LogP) is 0.326. The lowest BCUT2D eigenvalue weighted by atomic mass is 10.2. The molecule has 74 valence electrons. The smallest absolute Gasteiger partial charge is 0.111 e. The number of rotatable bonds is 4. The first-order chi connectivity index (χ1) is 6.15. The van der Waals surface area contributed by atoms with Crippen molar-refractivity contribution in [2.75, 3.05) is 6.61 Å². The molecule has 1 heterocycles. The zero-order valence-corrected chi connectivity index (χ0v) is 8.14. The Labute approximate surface area is 78.4 Å². The van der Waals surface area contributed by atoms with Crippen molar-refractivity contribution in [3.05, 3.63) is 18.2 Å². The fraction of sp³-hybridized carbons (Fsp3) is 0.667. The first kappa shape index (κ1) is 10.2. The van der Waals surface area contributed by atoms with Crippen molar-refractivity contribution in [2.45, 2.75) is 32.4 Å². The number of nitrogens with zero attached hydrogens (tertiary/aromatic N) is 2. The van der Waals surface area contributed by atoms with Gasteiger partial charge in [-0.05, 0) is 0 Å². The SMILES string of the molecule is CC(C)c1nccn1CC(N)CO. The van der Waals surface area contributed by atoms with Gasteiger partial charge in [0.25, 0.3) is 0 Å². The van der Waals surface area contributed by atoms with E-state index in [0.29, 0.717) is 12.5 Å². The van der Waals surface area contributed by atoms with E-state index in [4.69, 9.17) is 10.8 Å². The molecule has 0 aromatic carbocycles. The van der Waals surface area contributed by atoms with Gasteiger partial charge in [-0.15, -0.1) is 0 Å². The molecule has 0 aliphatic rings. The van der Waals surface area contributed by atoms with E-state index in [0.717, 1.165) is 5.82 Å². The first-order valence-electron chi connectivity index (χ1n) is 4.52.